The summed E-state index contributed by atoms with van der Waals surface area (Å²) < 4.78 is 0. The predicted octanol–water partition coefficient (Wildman–Crippen LogP) is 2.43. The second-order valence-electron chi connectivity index (χ2n) is 4.41. The molecule has 0 bridgehead atoms. The lowest BCUT2D eigenvalue weighted by atomic mass is 10.1. The number of nitrogens with zero attached hydrogens (tertiary/aromatic N) is 1. The molecule has 0 unspecified atom stereocenters. The van der Waals surface area contributed by atoms with Crippen molar-refractivity contribution < 1.29 is 9.90 Å². The van der Waals surface area contributed by atoms with Gasteiger partial charge in [0.1, 0.15) is 6.04 Å². The molecule has 0 amide bonds. The van der Waals surface area contributed by atoms with E-state index < -0.39 is 5.97 Å². The molecule has 1 aromatic carbocycles. The molecular formula is C13H16ClNO2. The van der Waals surface area contributed by atoms with Crippen molar-refractivity contribution in [3.63, 3.8) is 0 Å². The molecule has 3 nitrogen and oxygen atoms in total. The van der Waals surface area contributed by atoms with Gasteiger partial charge in [0.15, 0.2) is 0 Å². The normalized spacial score (nSPS) is 20.6. The van der Waals surface area contributed by atoms with Crippen LogP contribution in [0.3, 0.4) is 0 Å². The van der Waals surface area contributed by atoms with Crippen LogP contribution in [0.25, 0.3) is 0 Å². The SMILES string of the molecule is O=C(O)[C@@H]1CCCN1CCc1cccc(Cl)c1. The molecule has 0 aliphatic carbocycles. The van der Waals surface area contributed by atoms with Crippen molar-refractivity contribution >= 4 is 17.6 Å². The monoisotopic (exact) mass is 253 g/mol. The van der Waals surface area contributed by atoms with Gasteiger partial charge in [-0.25, -0.2) is 0 Å². The number of likely N-dealkylation sites (tertiary alicyclic amines) is 1. The number of carbonyl (C=O) groups is 1. The molecule has 1 fully saturated rings. The van der Waals surface area contributed by atoms with Crippen LogP contribution in [0.15, 0.2) is 24.3 Å². The van der Waals surface area contributed by atoms with Gasteiger partial charge in [0.2, 0.25) is 0 Å². The minimum Gasteiger partial charge on any atom is -0.480 e. The largest absolute Gasteiger partial charge is 0.480 e. The number of hydrogen-bond acceptors (Lipinski definition) is 2. The molecule has 1 N–H and O–H groups in total. The van der Waals surface area contributed by atoms with Crippen molar-refractivity contribution in [2.75, 3.05) is 13.1 Å². The lowest BCUT2D eigenvalue weighted by Crippen LogP contribution is -2.37. The van der Waals surface area contributed by atoms with Crippen LogP contribution in [-0.4, -0.2) is 35.1 Å². The number of rotatable bonds is 4. The van der Waals surface area contributed by atoms with E-state index in [0.717, 1.165) is 42.9 Å². The summed E-state index contributed by atoms with van der Waals surface area (Å²) in [7, 11) is 0. The second-order valence-corrected chi connectivity index (χ2v) is 4.85. The fourth-order valence-electron chi connectivity index (χ4n) is 2.34. The van der Waals surface area contributed by atoms with Crippen molar-refractivity contribution in [3.05, 3.63) is 34.9 Å². The number of carboxylic acids is 1. The summed E-state index contributed by atoms with van der Waals surface area (Å²) in [5.74, 6) is -0.700. The summed E-state index contributed by atoms with van der Waals surface area (Å²) in [5.41, 5.74) is 1.16. The zero-order chi connectivity index (χ0) is 12.3. The molecule has 4 heteroatoms. The van der Waals surface area contributed by atoms with E-state index in [1.165, 1.54) is 0 Å². The van der Waals surface area contributed by atoms with Gasteiger partial charge in [-0.2, -0.15) is 0 Å². The average Bonchev–Trinajstić information content (AvgIpc) is 2.74. The summed E-state index contributed by atoms with van der Waals surface area (Å²) in [6.45, 7) is 1.68. The molecule has 0 saturated carbocycles. The quantitative estimate of drug-likeness (QED) is 0.896. The zero-order valence-electron chi connectivity index (χ0n) is 9.60. The first kappa shape index (κ1) is 12.4. The number of halogens is 1. The van der Waals surface area contributed by atoms with Gasteiger partial charge >= 0.3 is 5.97 Å². The molecule has 1 aromatic rings. The topological polar surface area (TPSA) is 40.5 Å². The van der Waals surface area contributed by atoms with Crippen LogP contribution in [0.2, 0.25) is 5.02 Å². The molecule has 1 saturated heterocycles. The van der Waals surface area contributed by atoms with Crippen LogP contribution < -0.4 is 0 Å². The van der Waals surface area contributed by atoms with Crippen molar-refractivity contribution in [1.82, 2.24) is 4.90 Å². The molecule has 0 radical (unpaired) electrons. The maximum Gasteiger partial charge on any atom is 0.320 e. The van der Waals surface area contributed by atoms with Gasteiger partial charge < -0.3 is 5.11 Å². The Balaban J connectivity index is 1.91. The van der Waals surface area contributed by atoms with E-state index in [-0.39, 0.29) is 6.04 Å². The van der Waals surface area contributed by atoms with Gasteiger partial charge in [0.05, 0.1) is 0 Å². The fourth-order valence-corrected chi connectivity index (χ4v) is 2.55. The summed E-state index contributed by atoms with van der Waals surface area (Å²) in [5, 5.41) is 9.80. The summed E-state index contributed by atoms with van der Waals surface area (Å²) in [4.78, 5) is 13.1. The van der Waals surface area contributed by atoms with Crippen LogP contribution in [-0.2, 0) is 11.2 Å². The first-order chi connectivity index (χ1) is 8.16. The smallest absolute Gasteiger partial charge is 0.320 e. The van der Waals surface area contributed by atoms with Crippen LogP contribution >= 0.6 is 11.6 Å². The fraction of sp³-hybridized carbons (Fsp3) is 0.462. The molecule has 0 aromatic heterocycles. The van der Waals surface area contributed by atoms with Crippen molar-refractivity contribution in [2.24, 2.45) is 0 Å². The van der Waals surface area contributed by atoms with Gasteiger partial charge in [0.25, 0.3) is 0 Å². The minimum atomic E-state index is -0.700. The van der Waals surface area contributed by atoms with E-state index >= 15 is 0 Å². The first-order valence-corrected chi connectivity index (χ1v) is 6.26. The van der Waals surface area contributed by atoms with Gasteiger partial charge in [0, 0.05) is 11.6 Å². The van der Waals surface area contributed by atoms with E-state index in [9.17, 15) is 4.79 Å². The predicted molar refractivity (Wildman–Crippen MR) is 67.4 cm³/mol. The van der Waals surface area contributed by atoms with E-state index in [2.05, 4.69) is 0 Å². The van der Waals surface area contributed by atoms with Gasteiger partial charge in [-0.15, -0.1) is 0 Å². The summed E-state index contributed by atoms with van der Waals surface area (Å²) in [6, 6.07) is 7.44. The lowest BCUT2D eigenvalue weighted by Gasteiger charge is -2.20. The van der Waals surface area contributed by atoms with Gasteiger partial charge in [-0.1, -0.05) is 23.7 Å². The summed E-state index contributed by atoms with van der Waals surface area (Å²) in [6.07, 6.45) is 2.60. The molecular weight excluding hydrogens is 238 g/mol. The Morgan fingerprint density at radius 2 is 2.35 bits per heavy atom. The third-order valence-corrected chi connectivity index (χ3v) is 3.46. The second kappa shape index (κ2) is 5.52. The maximum absolute atomic E-state index is 11.0. The molecule has 1 aliphatic rings. The highest BCUT2D eigenvalue weighted by Crippen LogP contribution is 2.18. The highest BCUT2D eigenvalue weighted by molar-refractivity contribution is 6.30. The van der Waals surface area contributed by atoms with Crippen molar-refractivity contribution in [3.8, 4) is 0 Å². The maximum atomic E-state index is 11.0. The van der Waals surface area contributed by atoms with Crippen molar-refractivity contribution in [1.29, 1.82) is 0 Å². The molecule has 17 heavy (non-hydrogen) atoms. The Kier molecular flexibility index (Phi) is 4.02. The number of carboxylic acid groups (broad SMARTS) is 1. The molecule has 0 spiro atoms. The number of aliphatic carboxylic acids is 1. The van der Waals surface area contributed by atoms with Gasteiger partial charge in [-0.3, -0.25) is 9.69 Å². The van der Waals surface area contributed by atoms with E-state index in [1.807, 2.05) is 29.2 Å². The van der Waals surface area contributed by atoms with Crippen LogP contribution in [0.1, 0.15) is 18.4 Å². The molecule has 1 atom stereocenters. The molecule has 1 heterocycles. The van der Waals surface area contributed by atoms with E-state index in [4.69, 9.17) is 16.7 Å². The Bertz CT molecular complexity index is 408. The van der Waals surface area contributed by atoms with Crippen LogP contribution in [0.5, 0.6) is 0 Å². The zero-order valence-corrected chi connectivity index (χ0v) is 10.4. The average molecular weight is 254 g/mol. The number of benzene rings is 1. The third kappa shape index (κ3) is 3.20. The number of hydrogen-bond donors (Lipinski definition) is 1. The third-order valence-electron chi connectivity index (χ3n) is 3.23. The van der Waals surface area contributed by atoms with Crippen molar-refractivity contribution in [2.45, 2.75) is 25.3 Å². The van der Waals surface area contributed by atoms with E-state index in [1.54, 1.807) is 0 Å². The highest BCUT2D eigenvalue weighted by Gasteiger charge is 2.29. The lowest BCUT2D eigenvalue weighted by molar-refractivity contribution is -0.142. The van der Waals surface area contributed by atoms with Crippen LogP contribution in [0.4, 0.5) is 0 Å². The molecule has 2 rings (SSSR count). The molecule has 92 valence electrons. The Labute approximate surface area is 106 Å². The van der Waals surface area contributed by atoms with Crippen LogP contribution in [0, 0.1) is 0 Å². The Morgan fingerprint density at radius 3 is 3.06 bits per heavy atom. The Hall–Kier alpha value is -1.06. The molecule has 1 aliphatic heterocycles. The van der Waals surface area contributed by atoms with Gasteiger partial charge in [-0.05, 0) is 43.5 Å². The highest BCUT2D eigenvalue weighted by atomic mass is 35.5. The summed E-state index contributed by atoms with van der Waals surface area (Å²) >= 11 is 5.91. The van der Waals surface area contributed by atoms with E-state index in [0.29, 0.717) is 0 Å². The first-order valence-electron chi connectivity index (χ1n) is 5.88. The minimum absolute atomic E-state index is 0.297. The standard InChI is InChI=1S/C13H16ClNO2/c14-11-4-1-3-10(9-11)6-8-15-7-2-5-12(15)13(16)17/h1,3-4,9,12H,2,5-8H2,(H,16,17)/t12-/m0/s1. The Morgan fingerprint density at radius 1 is 1.53 bits per heavy atom.